The molecule has 116 valence electrons. The first-order valence-electron chi connectivity index (χ1n) is 5.76. The van der Waals surface area contributed by atoms with E-state index in [4.69, 9.17) is 0 Å². The maximum Gasteiger partial charge on any atom is 0.416 e. The minimum atomic E-state index is -4.50. The number of benzene rings is 1. The number of aromatic nitrogens is 3. The first-order valence-corrected chi connectivity index (χ1v) is 7.97. The van der Waals surface area contributed by atoms with Crippen molar-refractivity contribution < 1.29 is 21.6 Å². The van der Waals surface area contributed by atoms with E-state index in [9.17, 15) is 21.6 Å². The molecule has 0 saturated carbocycles. The van der Waals surface area contributed by atoms with Crippen LogP contribution in [-0.4, -0.2) is 22.1 Å². The summed E-state index contributed by atoms with van der Waals surface area (Å²) in [6.07, 6.45) is -2.13. The number of hydrogen-bond acceptors (Lipinski definition) is 5. The zero-order valence-corrected chi connectivity index (χ0v) is 12.2. The molecule has 6 nitrogen and oxygen atoms in total. The van der Waals surface area contributed by atoms with E-state index in [0.29, 0.717) is 0 Å². The number of anilines is 1. The van der Waals surface area contributed by atoms with Crippen LogP contribution in [0.4, 0.5) is 19.0 Å². The van der Waals surface area contributed by atoms with E-state index < -0.39 is 21.8 Å². The second-order valence-electron chi connectivity index (χ2n) is 4.31. The van der Waals surface area contributed by atoms with E-state index in [1.165, 1.54) is 6.20 Å². The maximum absolute atomic E-state index is 12.6. The second-order valence-corrected chi connectivity index (χ2v) is 6.52. The highest BCUT2D eigenvalue weighted by Crippen LogP contribution is 2.33. The Morgan fingerprint density at radius 2 is 2.05 bits per heavy atom. The normalized spacial score (nSPS) is 12.7. The molecule has 0 fully saturated rings. The molecular weight excluding hydrogens is 341 g/mol. The van der Waals surface area contributed by atoms with Gasteiger partial charge < -0.3 is 4.98 Å². The molecule has 0 aliphatic rings. The number of aromatic amines is 1. The van der Waals surface area contributed by atoms with Gasteiger partial charge in [-0.05, 0) is 12.1 Å². The van der Waals surface area contributed by atoms with Crippen LogP contribution in [0.5, 0.6) is 0 Å². The topological polar surface area (TPSA) is 87.7 Å². The highest BCUT2D eigenvalue weighted by atomic mass is 32.2. The molecule has 22 heavy (non-hydrogen) atoms. The van der Waals surface area contributed by atoms with E-state index in [1.807, 2.05) is 0 Å². The standard InChI is InChI=1S/C11H7F3N4O2S2/c12-11(13,14)6-1-2-7-8(3-6)15-4-9(7)22(19,20)18-10-5-16-21-17-10/h1-5,15H,(H,17,18). The number of nitrogens with one attached hydrogen (secondary N) is 2. The number of sulfonamides is 1. The number of H-pyrrole nitrogens is 1. The van der Waals surface area contributed by atoms with E-state index in [2.05, 4.69) is 18.5 Å². The quantitative estimate of drug-likeness (QED) is 0.762. The van der Waals surface area contributed by atoms with Gasteiger partial charge in [0, 0.05) is 17.1 Å². The van der Waals surface area contributed by atoms with Crippen LogP contribution < -0.4 is 4.72 Å². The van der Waals surface area contributed by atoms with Crippen molar-refractivity contribution in [2.75, 3.05) is 4.72 Å². The largest absolute Gasteiger partial charge is 0.416 e. The lowest BCUT2D eigenvalue weighted by Crippen LogP contribution is -2.12. The molecular formula is C11H7F3N4O2S2. The second kappa shape index (κ2) is 4.95. The average molecular weight is 348 g/mol. The molecule has 0 saturated heterocycles. The SMILES string of the molecule is O=S(=O)(Nc1cnsn1)c1c[nH]c2cc(C(F)(F)F)ccc12. The summed E-state index contributed by atoms with van der Waals surface area (Å²) in [5.41, 5.74) is -0.783. The molecule has 2 N–H and O–H groups in total. The van der Waals surface area contributed by atoms with Gasteiger partial charge >= 0.3 is 6.18 Å². The van der Waals surface area contributed by atoms with Gasteiger partial charge in [-0.1, -0.05) is 6.07 Å². The molecule has 0 bridgehead atoms. The third kappa shape index (κ3) is 2.64. The average Bonchev–Trinajstić information content (AvgIpc) is 3.04. The highest BCUT2D eigenvalue weighted by molar-refractivity contribution is 7.93. The summed E-state index contributed by atoms with van der Waals surface area (Å²) in [7, 11) is -3.97. The van der Waals surface area contributed by atoms with Crippen LogP contribution in [0.3, 0.4) is 0 Å². The fraction of sp³-hybridized carbons (Fsp3) is 0.0909. The summed E-state index contributed by atoms with van der Waals surface area (Å²) in [5, 5.41) is 0.156. The minimum absolute atomic E-state index is 0.0475. The number of alkyl halides is 3. The monoisotopic (exact) mass is 348 g/mol. The van der Waals surface area contributed by atoms with E-state index in [-0.39, 0.29) is 21.6 Å². The summed E-state index contributed by atoms with van der Waals surface area (Å²) in [6, 6.07) is 2.81. The molecule has 0 spiro atoms. The summed E-state index contributed by atoms with van der Waals surface area (Å²) < 4.78 is 72.0. The Bertz CT molecular complexity index is 917. The van der Waals surface area contributed by atoms with Crippen molar-refractivity contribution in [3.05, 3.63) is 36.2 Å². The molecule has 0 unspecified atom stereocenters. The molecule has 0 radical (unpaired) electrons. The van der Waals surface area contributed by atoms with Crippen molar-refractivity contribution in [2.24, 2.45) is 0 Å². The smallest absolute Gasteiger partial charge is 0.360 e. The Balaban J connectivity index is 2.05. The van der Waals surface area contributed by atoms with Crippen LogP contribution in [0.25, 0.3) is 10.9 Å². The van der Waals surface area contributed by atoms with E-state index in [0.717, 1.165) is 36.1 Å². The predicted octanol–water partition coefficient (Wildman–Crippen LogP) is 2.84. The molecule has 1 aromatic carbocycles. The molecule has 0 amide bonds. The molecule has 0 atom stereocenters. The molecule has 2 heterocycles. The van der Waals surface area contributed by atoms with Crippen molar-refractivity contribution >= 4 is 38.5 Å². The first kappa shape index (κ1) is 14.8. The van der Waals surface area contributed by atoms with Gasteiger partial charge in [-0.3, -0.25) is 4.72 Å². The van der Waals surface area contributed by atoms with Crippen LogP contribution in [0, 0.1) is 0 Å². The third-order valence-corrected chi connectivity index (χ3v) is 4.73. The van der Waals surface area contributed by atoms with Gasteiger partial charge in [0.05, 0.1) is 23.5 Å². The van der Waals surface area contributed by atoms with Crippen LogP contribution in [0.1, 0.15) is 5.56 Å². The molecule has 3 rings (SSSR count). The fourth-order valence-corrected chi connectivity index (χ4v) is 3.50. The molecule has 2 aromatic heterocycles. The lowest BCUT2D eigenvalue weighted by atomic mass is 10.1. The first-order chi connectivity index (χ1) is 10.3. The Morgan fingerprint density at radius 1 is 1.27 bits per heavy atom. The molecule has 11 heteroatoms. The molecule has 0 aliphatic heterocycles. The lowest BCUT2D eigenvalue weighted by molar-refractivity contribution is -0.137. The number of rotatable bonds is 3. The van der Waals surface area contributed by atoms with Gasteiger partial charge in [0.15, 0.2) is 5.82 Å². The molecule has 0 aliphatic carbocycles. The maximum atomic E-state index is 12.6. The summed E-state index contributed by atoms with van der Waals surface area (Å²) in [4.78, 5) is 2.37. The Kier molecular flexibility index (Phi) is 3.33. The summed E-state index contributed by atoms with van der Waals surface area (Å²) >= 11 is 0.826. The highest BCUT2D eigenvalue weighted by Gasteiger charge is 2.31. The summed E-state index contributed by atoms with van der Waals surface area (Å²) in [5.74, 6) is 0.0475. The van der Waals surface area contributed by atoms with Crippen molar-refractivity contribution in [1.29, 1.82) is 0 Å². The van der Waals surface area contributed by atoms with Crippen molar-refractivity contribution in [3.63, 3.8) is 0 Å². The zero-order chi connectivity index (χ0) is 16.0. The van der Waals surface area contributed by atoms with Gasteiger partial charge in [0.25, 0.3) is 10.0 Å². The van der Waals surface area contributed by atoms with Gasteiger partial charge in [-0.15, -0.1) is 0 Å². The van der Waals surface area contributed by atoms with Crippen LogP contribution in [0.2, 0.25) is 0 Å². The lowest BCUT2D eigenvalue weighted by Gasteiger charge is -2.07. The van der Waals surface area contributed by atoms with Crippen molar-refractivity contribution in [2.45, 2.75) is 11.1 Å². The Hall–Kier alpha value is -2.14. The Labute approximate surface area is 126 Å². The van der Waals surface area contributed by atoms with Crippen LogP contribution in [-0.2, 0) is 16.2 Å². The van der Waals surface area contributed by atoms with Gasteiger partial charge in [-0.2, -0.15) is 21.9 Å². The van der Waals surface area contributed by atoms with Crippen molar-refractivity contribution in [3.8, 4) is 0 Å². The van der Waals surface area contributed by atoms with Crippen LogP contribution >= 0.6 is 11.7 Å². The van der Waals surface area contributed by atoms with Crippen LogP contribution in [0.15, 0.2) is 35.5 Å². The summed E-state index contributed by atoms with van der Waals surface area (Å²) in [6.45, 7) is 0. The number of nitrogens with zero attached hydrogens (tertiary/aromatic N) is 2. The fourth-order valence-electron chi connectivity index (χ4n) is 1.90. The van der Waals surface area contributed by atoms with Crippen molar-refractivity contribution in [1.82, 2.24) is 13.7 Å². The van der Waals surface area contributed by atoms with Gasteiger partial charge in [0.1, 0.15) is 4.90 Å². The number of halogens is 3. The minimum Gasteiger partial charge on any atom is -0.360 e. The van der Waals surface area contributed by atoms with E-state index >= 15 is 0 Å². The van der Waals surface area contributed by atoms with E-state index in [1.54, 1.807) is 0 Å². The third-order valence-electron chi connectivity index (χ3n) is 2.86. The Morgan fingerprint density at radius 3 is 2.68 bits per heavy atom. The van der Waals surface area contributed by atoms with Gasteiger partial charge in [0.2, 0.25) is 0 Å². The predicted molar refractivity (Wildman–Crippen MR) is 74.0 cm³/mol. The molecule has 3 aromatic rings. The number of hydrogen-bond donors (Lipinski definition) is 2. The number of fused-ring (bicyclic) bond motifs is 1. The van der Waals surface area contributed by atoms with Gasteiger partial charge in [-0.25, -0.2) is 8.42 Å². The zero-order valence-electron chi connectivity index (χ0n) is 10.5.